The van der Waals surface area contributed by atoms with E-state index in [1.54, 1.807) is 43.2 Å². The third kappa shape index (κ3) is 8.48. The van der Waals surface area contributed by atoms with Crippen LogP contribution in [0.1, 0.15) is 91.4 Å². The molecule has 0 aliphatic carbocycles. The molecule has 1 saturated heterocycles. The summed E-state index contributed by atoms with van der Waals surface area (Å²) in [7, 11) is 4.95. The first-order valence-corrected chi connectivity index (χ1v) is 16.1. The van der Waals surface area contributed by atoms with E-state index in [-0.39, 0.29) is 42.9 Å². The maximum Gasteiger partial charge on any atom is 0.330 e. The Labute approximate surface area is 273 Å². The first-order chi connectivity index (χ1) is 21.4. The van der Waals surface area contributed by atoms with Gasteiger partial charge in [0.25, 0.3) is 11.8 Å². The van der Waals surface area contributed by atoms with E-state index < -0.39 is 22.8 Å². The molecule has 13 heteroatoms. The van der Waals surface area contributed by atoms with Crippen LogP contribution in [0.4, 0.5) is 11.4 Å². The molecule has 0 spiro atoms. The number of nitrogens with one attached hydrogen (secondary N) is 3. The van der Waals surface area contributed by atoms with Crippen LogP contribution in [0.15, 0.2) is 12.1 Å². The number of rotatable bonds is 11. The van der Waals surface area contributed by atoms with E-state index in [4.69, 9.17) is 14.3 Å². The Bertz CT molecular complexity index is 1280. The summed E-state index contributed by atoms with van der Waals surface area (Å²) in [5.74, 6) is -2.47. The number of piperidine rings is 1. The van der Waals surface area contributed by atoms with Crippen LogP contribution in [-0.4, -0.2) is 98.0 Å². The Kier molecular flexibility index (Phi) is 11.7. The van der Waals surface area contributed by atoms with Crippen LogP contribution < -0.4 is 25.6 Å². The molecule has 0 bridgehead atoms. The van der Waals surface area contributed by atoms with E-state index in [9.17, 15) is 19.2 Å². The highest BCUT2D eigenvalue weighted by Crippen LogP contribution is 2.41. The van der Waals surface area contributed by atoms with Crippen molar-refractivity contribution in [2.75, 3.05) is 51.0 Å². The predicted octanol–water partition coefficient (Wildman–Crippen LogP) is 3.49. The van der Waals surface area contributed by atoms with Crippen molar-refractivity contribution in [2.24, 2.45) is 5.41 Å². The van der Waals surface area contributed by atoms with Gasteiger partial charge in [-0.1, -0.05) is 0 Å². The number of benzene rings is 1. The number of fused-ring (bicyclic) bond motifs is 1. The molecule has 0 radical (unpaired) electrons. The minimum absolute atomic E-state index is 0.114. The fourth-order valence-electron chi connectivity index (χ4n) is 5.64. The molecular formula is C33H54N6O7. The second-order valence-corrected chi connectivity index (χ2v) is 14.2. The summed E-state index contributed by atoms with van der Waals surface area (Å²) < 4.78 is 11.7. The van der Waals surface area contributed by atoms with Gasteiger partial charge in [-0.05, 0) is 94.8 Å². The molecule has 13 nitrogen and oxygen atoms in total. The van der Waals surface area contributed by atoms with Crippen molar-refractivity contribution in [3.8, 4) is 5.75 Å². The van der Waals surface area contributed by atoms with Gasteiger partial charge in [-0.2, -0.15) is 0 Å². The van der Waals surface area contributed by atoms with E-state index in [1.807, 2.05) is 60.3 Å². The van der Waals surface area contributed by atoms with Crippen LogP contribution >= 0.6 is 0 Å². The number of anilines is 2. The molecule has 46 heavy (non-hydrogen) atoms. The summed E-state index contributed by atoms with van der Waals surface area (Å²) in [5, 5.41) is 10.7. The number of hydrogen-bond acceptors (Lipinski definition) is 11. The number of carbonyl (C=O) groups is 4. The quantitative estimate of drug-likeness (QED) is 0.240. The number of esters is 1. The molecule has 1 fully saturated rings. The lowest BCUT2D eigenvalue weighted by molar-refractivity contribution is -0.208. The molecule has 258 valence electrons. The summed E-state index contributed by atoms with van der Waals surface area (Å²) in [4.78, 5) is 62.5. The number of hydroxylamine groups is 2. The van der Waals surface area contributed by atoms with Gasteiger partial charge < -0.3 is 29.4 Å². The number of nitrogens with zero attached hydrogens (tertiary/aromatic N) is 3. The number of amides is 2. The predicted molar refractivity (Wildman–Crippen MR) is 176 cm³/mol. The molecule has 0 unspecified atom stereocenters. The number of hydrogen-bond donors (Lipinski definition) is 3. The molecule has 0 saturated carbocycles. The third-order valence-electron chi connectivity index (χ3n) is 7.95. The Balaban J connectivity index is 1.98. The molecule has 3 rings (SSSR count). The van der Waals surface area contributed by atoms with E-state index in [0.29, 0.717) is 42.2 Å². The second-order valence-electron chi connectivity index (χ2n) is 14.2. The van der Waals surface area contributed by atoms with Gasteiger partial charge in [0.1, 0.15) is 11.4 Å². The highest BCUT2D eigenvalue weighted by atomic mass is 16.7. The molecule has 2 heterocycles. The summed E-state index contributed by atoms with van der Waals surface area (Å²) in [6, 6.07) is 3.02. The van der Waals surface area contributed by atoms with Crippen LogP contribution in [0.2, 0.25) is 0 Å². The number of likely N-dealkylation sites (N-methyl/N-ethyl adjacent to an activating group) is 2. The standard InChI is InChI=1S/C33H54N6O7/c1-21(2)39(22-14-12-16-37(20-22)46-30(43)31(3,4)5)28(41)23-18-25-26(19-24(23)34-9)44-33(35-10,36-11)29(42)38(25)17-13-15-27(40)45-32(6,7)8/h18-19,21-22,34-36H,12-17,20H2,1-11H3/t22-/m1/s1. The first kappa shape index (κ1) is 37.0. The van der Waals surface area contributed by atoms with Crippen LogP contribution in [0.3, 0.4) is 0 Å². The van der Waals surface area contributed by atoms with Gasteiger partial charge in [0.15, 0.2) is 0 Å². The fourth-order valence-corrected chi connectivity index (χ4v) is 5.64. The van der Waals surface area contributed by atoms with Crippen molar-refractivity contribution in [1.29, 1.82) is 0 Å². The zero-order chi connectivity index (χ0) is 34.6. The van der Waals surface area contributed by atoms with E-state index >= 15 is 0 Å². The molecule has 2 amide bonds. The van der Waals surface area contributed by atoms with Gasteiger partial charge in [-0.15, -0.1) is 5.06 Å². The van der Waals surface area contributed by atoms with Gasteiger partial charge in [0.05, 0.1) is 28.9 Å². The van der Waals surface area contributed by atoms with Crippen LogP contribution in [0.5, 0.6) is 5.75 Å². The average Bonchev–Trinajstić information content (AvgIpc) is 2.96. The smallest absolute Gasteiger partial charge is 0.330 e. The van der Waals surface area contributed by atoms with Gasteiger partial charge >= 0.3 is 17.8 Å². The molecular weight excluding hydrogens is 592 g/mol. The maximum absolute atomic E-state index is 14.4. The van der Waals surface area contributed by atoms with Crippen molar-refractivity contribution in [1.82, 2.24) is 20.6 Å². The molecule has 1 atom stereocenters. The largest absolute Gasteiger partial charge is 0.460 e. The Morgan fingerprint density at radius 1 is 1.09 bits per heavy atom. The maximum atomic E-state index is 14.4. The lowest BCUT2D eigenvalue weighted by Crippen LogP contribution is -2.70. The van der Waals surface area contributed by atoms with E-state index in [2.05, 4.69) is 16.0 Å². The second kappa shape index (κ2) is 14.6. The van der Waals surface area contributed by atoms with Crippen molar-refractivity contribution in [3.63, 3.8) is 0 Å². The zero-order valence-corrected chi connectivity index (χ0v) is 29.5. The van der Waals surface area contributed by atoms with E-state index in [1.165, 1.54) is 0 Å². The topological polar surface area (TPSA) is 142 Å². The average molecular weight is 647 g/mol. The number of ether oxygens (including phenoxy) is 2. The summed E-state index contributed by atoms with van der Waals surface area (Å²) in [5.41, 5.74) is 0.0584. The van der Waals surface area contributed by atoms with Gasteiger partial charge in [-0.25, -0.2) is 4.79 Å². The van der Waals surface area contributed by atoms with Crippen molar-refractivity contribution >= 4 is 35.1 Å². The lowest BCUT2D eigenvalue weighted by atomic mass is 9.97. The van der Waals surface area contributed by atoms with Gasteiger partial charge in [0, 0.05) is 44.7 Å². The molecule has 3 N–H and O–H groups in total. The first-order valence-electron chi connectivity index (χ1n) is 16.1. The molecule has 1 aromatic carbocycles. The molecule has 1 aromatic rings. The normalized spacial score (nSPS) is 18.5. The van der Waals surface area contributed by atoms with E-state index in [0.717, 1.165) is 12.8 Å². The van der Waals surface area contributed by atoms with Crippen LogP contribution in [-0.2, 0) is 24.0 Å². The van der Waals surface area contributed by atoms with Crippen LogP contribution in [0.25, 0.3) is 0 Å². The summed E-state index contributed by atoms with van der Waals surface area (Å²) >= 11 is 0. The zero-order valence-electron chi connectivity index (χ0n) is 29.5. The highest BCUT2D eigenvalue weighted by Gasteiger charge is 2.47. The number of carbonyl (C=O) groups excluding carboxylic acids is 4. The summed E-state index contributed by atoms with van der Waals surface area (Å²) in [6.45, 7) is 15.9. The SMILES string of the molecule is CNc1cc2c(cc1C(=O)N(C(C)C)[C@@H]1CCCN(OC(=O)C(C)(C)C)C1)N(CCCC(=O)OC(C)(C)C)C(=O)C(NC)(NC)O2. The molecule has 2 aliphatic rings. The van der Waals surface area contributed by atoms with Crippen molar-refractivity contribution < 1.29 is 33.5 Å². The van der Waals surface area contributed by atoms with Gasteiger partial charge in [-0.3, -0.25) is 25.0 Å². The third-order valence-corrected chi connectivity index (χ3v) is 7.95. The Hall–Kier alpha value is -3.42. The monoisotopic (exact) mass is 646 g/mol. The Morgan fingerprint density at radius 2 is 1.74 bits per heavy atom. The molecule has 2 aliphatic heterocycles. The van der Waals surface area contributed by atoms with Gasteiger partial charge in [0.2, 0.25) is 0 Å². The molecule has 0 aromatic heterocycles. The van der Waals surface area contributed by atoms with Crippen molar-refractivity contribution in [2.45, 2.75) is 105 Å². The minimum atomic E-state index is -1.55. The Morgan fingerprint density at radius 3 is 2.28 bits per heavy atom. The van der Waals surface area contributed by atoms with Crippen molar-refractivity contribution in [3.05, 3.63) is 17.7 Å². The van der Waals surface area contributed by atoms with Crippen LogP contribution in [0, 0.1) is 5.41 Å². The highest BCUT2D eigenvalue weighted by molar-refractivity contribution is 6.07. The lowest BCUT2D eigenvalue weighted by Gasteiger charge is -2.43. The summed E-state index contributed by atoms with van der Waals surface area (Å²) in [6.07, 6.45) is 1.96. The minimum Gasteiger partial charge on any atom is -0.460 e. The fraction of sp³-hybridized carbons (Fsp3) is 0.697.